The zero-order valence-electron chi connectivity index (χ0n) is 14.5. The number of carbonyl (C=O) groups excluding carboxylic acids is 1. The van der Waals surface area contributed by atoms with E-state index in [0.717, 1.165) is 18.5 Å². The van der Waals surface area contributed by atoms with Gasteiger partial charge < -0.3 is 10.2 Å². The van der Waals surface area contributed by atoms with Crippen molar-refractivity contribution in [2.75, 3.05) is 32.1 Å². The van der Waals surface area contributed by atoms with Crippen LogP contribution in [0.25, 0.3) is 0 Å². The van der Waals surface area contributed by atoms with Gasteiger partial charge in [-0.05, 0) is 44.1 Å². The number of nitrogens with zero attached hydrogens (tertiary/aromatic N) is 1. The molecule has 2 rings (SSSR count). The fraction of sp³-hybridized carbons (Fsp3) is 0.611. The van der Waals surface area contributed by atoms with Gasteiger partial charge in [-0.15, -0.1) is 23.5 Å². The van der Waals surface area contributed by atoms with Crippen molar-refractivity contribution in [3.8, 4) is 0 Å². The van der Waals surface area contributed by atoms with Crippen LogP contribution in [0.2, 0.25) is 0 Å². The largest absolute Gasteiger partial charge is 0.348 e. The Bertz CT molecular complexity index is 486. The second-order valence-electron chi connectivity index (χ2n) is 6.76. The van der Waals surface area contributed by atoms with Crippen LogP contribution in [0.5, 0.6) is 0 Å². The molecule has 1 aromatic rings. The molecule has 1 fully saturated rings. The molecule has 1 amide bonds. The number of rotatable bonds is 7. The highest BCUT2D eigenvalue weighted by Crippen LogP contribution is 2.45. The first-order valence-electron chi connectivity index (χ1n) is 8.24. The Morgan fingerprint density at radius 3 is 2.35 bits per heavy atom. The molecule has 1 N–H and O–H groups in total. The van der Waals surface area contributed by atoms with E-state index in [9.17, 15) is 4.79 Å². The highest BCUT2D eigenvalue weighted by Gasteiger charge is 2.19. The van der Waals surface area contributed by atoms with Crippen molar-refractivity contribution in [3.63, 3.8) is 0 Å². The van der Waals surface area contributed by atoms with Gasteiger partial charge >= 0.3 is 0 Å². The number of nitrogens with one attached hydrogen (secondary N) is 1. The van der Waals surface area contributed by atoms with E-state index in [1.807, 2.05) is 49.8 Å². The van der Waals surface area contributed by atoms with E-state index >= 15 is 0 Å². The van der Waals surface area contributed by atoms with Gasteiger partial charge in [0, 0.05) is 29.7 Å². The van der Waals surface area contributed by atoms with E-state index in [4.69, 9.17) is 0 Å². The third-order valence-electron chi connectivity index (χ3n) is 3.74. The molecule has 1 aromatic carbocycles. The maximum absolute atomic E-state index is 12.5. The van der Waals surface area contributed by atoms with Crippen LogP contribution in [-0.2, 0) is 0 Å². The average molecular weight is 353 g/mol. The minimum absolute atomic E-state index is 0.0378. The van der Waals surface area contributed by atoms with Crippen LogP contribution in [-0.4, -0.2) is 49.0 Å². The van der Waals surface area contributed by atoms with Crippen molar-refractivity contribution < 1.29 is 4.79 Å². The highest BCUT2D eigenvalue weighted by atomic mass is 32.2. The van der Waals surface area contributed by atoms with Crippen LogP contribution in [0, 0.1) is 5.92 Å². The van der Waals surface area contributed by atoms with E-state index in [1.165, 1.54) is 17.1 Å². The first-order valence-corrected chi connectivity index (χ1v) is 10.3. The van der Waals surface area contributed by atoms with E-state index in [-0.39, 0.29) is 11.9 Å². The fourth-order valence-electron chi connectivity index (χ4n) is 2.80. The maximum Gasteiger partial charge on any atom is 0.251 e. The Balaban J connectivity index is 1.97. The minimum atomic E-state index is 0.0378. The summed E-state index contributed by atoms with van der Waals surface area (Å²) in [7, 11) is 4.09. The Morgan fingerprint density at radius 2 is 1.83 bits per heavy atom. The number of hydrogen-bond acceptors (Lipinski definition) is 4. The molecule has 128 valence electrons. The molecule has 3 nitrogen and oxygen atoms in total. The molecule has 0 saturated carbocycles. The molecule has 1 aliphatic rings. The summed E-state index contributed by atoms with van der Waals surface area (Å²) in [5.74, 6) is 3.05. The summed E-state index contributed by atoms with van der Waals surface area (Å²) in [6.07, 6.45) is 0.997. The molecule has 5 heteroatoms. The van der Waals surface area contributed by atoms with Crippen molar-refractivity contribution in [3.05, 3.63) is 35.4 Å². The van der Waals surface area contributed by atoms with Gasteiger partial charge in [0.1, 0.15) is 0 Å². The molecular formula is C18H28N2OS2. The lowest BCUT2D eigenvalue weighted by atomic mass is 10.0. The van der Waals surface area contributed by atoms with Gasteiger partial charge in [-0.3, -0.25) is 4.79 Å². The van der Waals surface area contributed by atoms with Crippen LogP contribution in [0.15, 0.2) is 24.3 Å². The van der Waals surface area contributed by atoms with Crippen molar-refractivity contribution in [2.45, 2.75) is 30.9 Å². The average Bonchev–Trinajstić information content (AvgIpc) is 3.00. The van der Waals surface area contributed by atoms with Crippen molar-refractivity contribution in [2.24, 2.45) is 5.92 Å². The molecule has 0 bridgehead atoms. The van der Waals surface area contributed by atoms with Crippen LogP contribution in [0.4, 0.5) is 0 Å². The Morgan fingerprint density at radius 1 is 1.22 bits per heavy atom. The first kappa shape index (κ1) is 18.7. The van der Waals surface area contributed by atoms with Crippen LogP contribution in [0.1, 0.15) is 40.8 Å². The zero-order valence-corrected chi connectivity index (χ0v) is 16.2. The Hall–Kier alpha value is -0.650. The molecule has 1 atom stereocenters. The van der Waals surface area contributed by atoms with Gasteiger partial charge in [-0.25, -0.2) is 0 Å². The lowest BCUT2D eigenvalue weighted by molar-refractivity contribution is 0.0924. The van der Waals surface area contributed by atoms with Gasteiger partial charge in [0.05, 0.1) is 4.58 Å². The predicted octanol–water partition coefficient (Wildman–Crippen LogP) is 3.87. The monoisotopic (exact) mass is 352 g/mol. The molecular weight excluding hydrogens is 324 g/mol. The van der Waals surface area contributed by atoms with E-state index < -0.39 is 0 Å². The second-order valence-corrected chi connectivity index (χ2v) is 9.48. The van der Waals surface area contributed by atoms with Crippen LogP contribution in [0.3, 0.4) is 0 Å². The van der Waals surface area contributed by atoms with Crippen molar-refractivity contribution >= 4 is 29.4 Å². The highest BCUT2D eigenvalue weighted by molar-refractivity contribution is 8.19. The predicted molar refractivity (Wildman–Crippen MR) is 103 cm³/mol. The number of hydrogen-bond donors (Lipinski definition) is 1. The SMILES string of the molecule is CC(C)CC(CN(C)C)NC(=O)c1ccc(C2SCCS2)cc1. The van der Waals surface area contributed by atoms with Crippen LogP contribution >= 0.6 is 23.5 Å². The topological polar surface area (TPSA) is 32.3 Å². The van der Waals surface area contributed by atoms with Gasteiger partial charge in [0.2, 0.25) is 0 Å². The molecule has 1 heterocycles. The summed E-state index contributed by atoms with van der Waals surface area (Å²) < 4.78 is 0.537. The number of amides is 1. The summed E-state index contributed by atoms with van der Waals surface area (Å²) in [5.41, 5.74) is 2.08. The van der Waals surface area contributed by atoms with Gasteiger partial charge in [0.25, 0.3) is 5.91 Å². The van der Waals surface area contributed by atoms with E-state index in [1.54, 1.807) is 0 Å². The van der Waals surface area contributed by atoms with Gasteiger partial charge in [-0.2, -0.15) is 0 Å². The standard InChI is InChI=1S/C18H28N2OS2/c1-13(2)11-16(12-20(3)4)19-17(21)14-5-7-15(8-6-14)18-22-9-10-23-18/h5-8,13,16,18H,9-12H2,1-4H3,(H,19,21). The third-order valence-corrected chi connectivity index (χ3v) is 6.85. The molecule has 0 aromatic heterocycles. The molecule has 23 heavy (non-hydrogen) atoms. The molecule has 1 aliphatic heterocycles. The van der Waals surface area contributed by atoms with E-state index in [2.05, 4.69) is 36.2 Å². The van der Waals surface area contributed by atoms with Crippen molar-refractivity contribution in [1.29, 1.82) is 0 Å². The molecule has 0 radical (unpaired) electrons. The van der Waals surface area contributed by atoms with Crippen LogP contribution < -0.4 is 5.32 Å². The number of benzene rings is 1. The number of thioether (sulfide) groups is 2. The first-order chi connectivity index (χ1) is 11.0. The van der Waals surface area contributed by atoms with E-state index in [0.29, 0.717) is 10.5 Å². The number of carbonyl (C=O) groups is 1. The second kappa shape index (κ2) is 9.00. The maximum atomic E-state index is 12.5. The summed E-state index contributed by atoms with van der Waals surface area (Å²) in [5, 5.41) is 3.19. The normalized spacial score (nSPS) is 17.0. The Labute approximate surface area is 149 Å². The smallest absolute Gasteiger partial charge is 0.251 e. The zero-order chi connectivity index (χ0) is 16.8. The lowest BCUT2D eigenvalue weighted by Crippen LogP contribution is -2.42. The quantitative estimate of drug-likeness (QED) is 0.807. The Kier molecular flexibility index (Phi) is 7.31. The summed E-state index contributed by atoms with van der Waals surface area (Å²) in [6.45, 7) is 5.26. The third kappa shape index (κ3) is 6.05. The fourth-order valence-corrected chi connectivity index (χ4v) is 5.66. The summed E-state index contributed by atoms with van der Waals surface area (Å²) in [4.78, 5) is 14.6. The van der Waals surface area contributed by atoms with Gasteiger partial charge in [-0.1, -0.05) is 26.0 Å². The molecule has 0 aliphatic carbocycles. The number of likely N-dealkylation sites (N-methyl/N-ethyl adjacent to an activating group) is 1. The lowest BCUT2D eigenvalue weighted by Gasteiger charge is -2.24. The molecule has 1 saturated heterocycles. The summed E-state index contributed by atoms with van der Waals surface area (Å²) in [6, 6.07) is 8.33. The summed E-state index contributed by atoms with van der Waals surface area (Å²) >= 11 is 3.98. The molecule has 0 spiro atoms. The molecule has 1 unspecified atom stereocenters. The van der Waals surface area contributed by atoms with Crippen molar-refractivity contribution in [1.82, 2.24) is 10.2 Å². The minimum Gasteiger partial charge on any atom is -0.348 e. The van der Waals surface area contributed by atoms with Gasteiger partial charge in [0.15, 0.2) is 0 Å².